The van der Waals surface area contributed by atoms with Crippen LogP contribution in [-0.4, -0.2) is 10.9 Å². The van der Waals surface area contributed by atoms with Crippen molar-refractivity contribution in [2.45, 2.75) is 0 Å². The van der Waals surface area contributed by atoms with Crippen molar-refractivity contribution >= 4 is 44.1 Å². The molecular weight excluding hydrogens is 330 g/mol. The molecule has 3 aromatic rings. The van der Waals surface area contributed by atoms with Gasteiger partial charge in [0.1, 0.15) is 0 Å². The van der Waals surface area contributed by atoms with E-state index in [2.05, 4.69) is 26.2 Å². The third kappa shape index (κ3) is 2.87. The lowest BCUT2D eigenvalue weighted by molar-refractivity contribution is 0.102. The van der Waals surface area contributed by atoms with Crippen LogP contribution in [0.3, 0.4) is 0 Å². The van der Waals surface area contributed by atoms with E-state index >= 15 is 0 Å². The summed E-state index contributed by atoms with van der Waals surface area (Å²) in [6, 6.07) is 14.9. The van der Waals surface area contributed by atoms with Crippen LogP contribution in [0, 0.1) is 0 Å². The molecule has 2 aromatic carbocycles. The number of amides is 1. The normalized spacial score (nSPS) is 10.5. The summed E-state index contributed by atoms with van der Waals surface area (Å²) in [5.74, 6) is 0.142. The first-order chi connectivity index (χ1) is 10.1. The first kappa shape index (κ1) is 13.6. The largest absolute Gasteiger partial charge is 0.396 e. The fourth-order valence-corrected chi connectivity index (χ4v) is 2.44. The van der Waals surface area contributed by atoms with Gasteiger partial charge in [0.05, 0.1) is 5.69 Å². The highest BCUT2D eigenvalue weighted by Crippen LogP contribution is 2.22. The Hall–Kier alpha value is -2.40. The van der Waals surface area contributed by atoms with Crippen LogP contribution in [0.4, 0.5) is 11.5 Å². The molecule has 3 rings (SSSR count). The van der Waals surface area contributed by atoms with Crippen LogP contribution in [0.25, 0.3) is 10.8 Å². The summed E-state index contributed by atoms with van der Waals surface area (Å²) in [5.41, 5.74) is 6.78. The second kappa shape index (κ2) is 5.54. The molecule has 0 atom stereocenters. The standard InChI is InChI=1S/C16H12BrN3O/c17-13-6-5-10-8-12(4-3-11(10)9-13)16(21)20-15-14(18)2-1-7-19-15/h1-9H,18H2,(H,19,20,21). The van der Waals surface area contributed by atoms with E-state index in [0.29, 0.717) is 17.1 Å². The minimum absolute atomic E-state index is 0.231. The number of halogens is 1. The van der Waals surface area contributed by atoms with Gasteiger partial charge in [-0.05, 0) is 47.2 Å². The number of fused-ring (bicyclic) bond motifs is 1. The number of nitrogens with two attached hydrogens (primary N) is 1. The second-order valence-corrected chi connectivity index (χ2v) is 5.52. The van der Waals surface area contributed by atoms with Gasteiger partial charge in [-0.15, -0.1) is 0 Å². The molecule has 0 aliphatic heterocycles. The molecule has 5 heteroatoms. The Labute approximate surface area is 130 Å². The maximum atomic E-state index is 12.3. The van der Waals surface area contributed by atoms with Gasteiger partial charge in [0.2, 0.25) is 0 Å². The van der Waals surface area contributed by atoms with Gasteiger partial charge >= 0.3 is 0 Å². The van der Waals surface area contributed by atoms with Crippen molar-refractivity contribution in [2.75, 3.05) is 11.1 Å². The highest BCUT2D eigenvalue weighted by Gasteiger charge is 2.09. The number of hydrogen-bond acceptors (Lipinski definition) is 3. The lowest BCUT2D eigenvalue weighted by atomic mass is 10.1. The molecular formula is C16H12BrN3O. The van der Waals surface area contributed by atoms with Gasteiger partial charge in [-0.1, -0.05) is 28.1 Å². The molecule has 0 radical (unpaired) electrons. The summed E-state index contributed by atoms with van der Waals surface area (Å²) in [6.07, 6.45) is 1.59. The molecule has 1 heterocycles. The summed E-state index contributed by atoms with van der Waals surface area (Å²) < 4.78 is 1.01. The summed E-state index contributed by atoms with van der Waals surface area (Å²) in [6.45, 7) is 0. The van der Waals surface area contributed by atoms with E-state index in [-0.39, 0.29) is 5.91 Å². The van der Waals surface area contributed by atoms with Crippen molar-refractivity contribution < 1.29 is 4.79 Å². The predicted molar refractivity (Wildman–Crippen MR) is 88.3 cm³/mol. The van der Waals surface area contributed by atoms with Crippen molar-refractivity contribution in [3.63, 3.8) is 0 Å². The highest BCUT2D eigenvalue weighted by molar-refractivity contribution is 9.10. The molecule has 1 amide bonds. The fourth-order valence-electron chi connectivity index (χ4n) is 2.06. The van der Waals surface area contributed by atoms with Crippen molar-refractivity contribution in [1.82, 2.24) is 4.98 Å². The third-order valence-corrected chi connectivity index (χ3v) is 3.63. The first-order valence-corrected chi connectivity index (χ1v) is 7.14. The molecule has 4 nitrogen and oxygen atoms in total. The van der Waals surface area contributed by atoms with Crippen molar-refractivity contribution in [2.24, 2.45) is 0 Å². The molecule has 3 N–H and O–H groups in total. The zero-order chi connectivity index (χ0) is 14.8. The van der Waals surface area contributed by atoms with Crippen LogP contribution >= 0.6 is 15.9 Å². The van der Waals surface area contributed by atoms with Gasteiger partial charge in [0.25, 0.3) is 5.91 Å². The van der Waals surface area contributed by atoms with Crippen LogP contribution in [0.15, 0.2) is 59.2 Å². The van der Waals surface area contributed by atoms with E-state index in [1.54, 1.807) is 24.4 Å². The number of pyridine rings is 1. The van der Waals surface area contributed by atoms with Gasteiger partial charge in [-0.3, -0.25) is 4.79 Å². The van der Waals surface area contributed by atoms with Crippen LogP contribution < -0.4 is 11.1 Å². The number of nitrogens with one attached hydrogen (secondary N) is 1. The molecule has 0 unspecified atom stereocenters. The molecule has 0 aliphatic carbocycles. The predicted octanol–water partition coefficient (Wildman–Crippen LogP) is 3.83. The van der Waals surface area contributed by atoms with Gasteiger partial charge in [-0.2, -0.15) is 0 Å². The smallest absolute Gasteiger partial charge is 0.256 e. The molecule has 0 spiro atoms. The average Bonchev–Trinajstić information content (AvgIpc) is 2.49. The van der Waals surface area contributed by atoms with Crippen LogP contribution in [0.1, 0.15) is 10.4 Å². The molecule has 0 saturated carbocycles. The number of anilines is 2. The van der Waals surface area contributed by atoms with E-state index in [9.17, 15) is 4.79 Å². The Morgan fingerprint density at radius 1 is 1.10 bits per heavy atom. The number of carbonyl (C=O) groups excluding carboxylic acids is 1. The fraction of sp³-hybridized carbons (Fsp3) is 0. The quantitative estimate of drug-likeness (QED) is 0.744. The van der Waals surface area contributed by atoms with Gasteiger partial charge in [0.15, 0.2) is 5.82 Å². The monoisotopic (exact) mass is 341 g/mol. The van der Waals surface area contributed by atoms with Gasteiger partial charge in [-0.25, -0.2) is 4.98 Å². The van der Waals surface area contributed by atoms with Crippen LogP contribution in [0.5, 0.6) is 0 Å². The number of nitrogens with zero attached hydrogens (tertiary/aromatic N) is 1. The van der Waals surface area contributed by atoms with E-state index in [0.717, 1.165) is 15.2 Å². The zero-order valence-corrected chi connectivity index (χ0v) is 12.6. The molecule has 21 heavy (non-hydrogen) atoms. The summed E-state index contributed by atoms with van der Waals surface area (Å²) >= 11 is 3.43. The van der Waals surface area contributed by atoms with Gasteiger partial charge in [0, 0.05) is 16.2 Å². The summed E-state index contributed by atoms with van der Waals surface area (Å²) in [7, 11) is 0. The number of aromatic nitrogens is 1. The Kier molecular flexibility index (Phi) is 3.58. The van der Waals surface area contributed by atoms with Crippen LogP contribution in [0.2, 0.25) is 0 Å². The molecule has 1 aromatic heterocycles. The number of rotatable bonds is 2. The first-order valence-electron chi connectivity index (χ1n) is 6.34. The molecule has 104 valence electrons. The SMILES string of the molecule is Nc1cccnc1NC(=O)c1ccc2cc(Br)ccc2c1. The minimum atomic E-state index is -0.231. The number of benzene rings is 2. The van der Waals surface area contributed by atoms with Crippen molar-refractivity contribution in [3.05, 3.63) is 64.8 Å². The lowest BCUT2D eigenvalue weighted by Crippen LogP contribution is -2.14. The summed E-state index contributed by atoms with van der Waals surface area (Å²) in [5, 5.41) is 4.79. The minimum Gasteiger partial charge on any atom is -0.396 e. The Morgan fingerprint density at radius 2 is 1.86 bits per heavy atom. The lowest BCUT2D eigenvalue weighted by Gasteiger charge is -2.07. The molecule has 0 saturated heterocycles. The maximum absolute atomic E-state index is 12.3. The Balaban J connectivity index is 1.91. The van der Waals surface area contributed by atoms with E-state index in [1.807, 2.05) is 30.3 Å². The highest BCUT2D eigenvalue weighted by atomic mass is 79.9. The maximum Gasteiger partial charge on any atom is 0.256 e. The van der Waals surface area contributed by atoms with Crippen LogP contribution in [-0.2, 0) is 0 Å². The Bertz CT molecular complexity index is 833. The topological polar surface area (TPSA) is 68.0 Å². The summed E-state index contributed by atoms with van der Waals surface area (Å²) in [4.78, 5) is 16.3. The second-order valence-electron chi connectivity index (χ2n) is 4.60. The molecule has 0 bridgehead atoms. The van der Waals surface area contributed by atoms with E-state index < -0.39 is 0 Å². The number of nitrogen functional groups attached to an aromatic ring is 1. The zero-order valence-electron chi connectivity index (χ0n) is 11.0. The van der Waals surface area contributed by atoms with Crippen molar-refractivity contribution in [3.8, 4) is 0 Å². The van der Waals surface area contributed by atoms with E-state index in [4.69, 9.17) is 5.73 Å². The Morgan fingerprint density at radius 3 is 2.67 bits per heavy atom. The third-order valence-electron chi connectivity index (χ3n) is 3.14. The average molecular weight is 342 g/mol. The number of hydrogen-bond donors (Lipinski definition) is 2. The molecule has 0 aliphatic rings. The van der Waals surface area contributed by atoms with Crippen molar-refractivity contribution in [1.29, 1.82) is 0 Å². The van der Waals surface area contributed by atoms with E-state index in [1.165, 1.54) is 0 Å². The molecule has 0 fully saturated rings. The number of carbonyl (C=O) groups is 1. The van der Waals surface area contributed by atoms with Gasteiger partial charge < -0.3 is 11.1 Å².